The molecule has 0 aliphatic rings. The topological polar surface area (TPSA) is 105 Å². The van der Waals surface area contributed by atoms with Crippen molar-refractivity contribution in [3.63, 3.8) is 0 Å². The van der Waals surface area contributed by atoms with E-state index in [0.717, 1.165) is 23.1 Å². The fraction of sp³-hybridized carbons (Fsp3) is 0.385. The third-order valence-corrected chi connectivity index (χ3v) is 5.99. The van der Waals surface area contributed by atoms with Crippen LogP contribution in [0.25, 0.3) is 10.9 Å². The number of fused-ring (bicyclic) bond motifs is 1. The summed E-state index contributed by atoms with van der Waals surface area (Å²) in [6, 6.07) is 14.1. The lowest BCUT2D eigenvalue weighted by molar-refractivity contribution is -0.142. The van der Waals surface area contributed by atoms with Crippen molar-refractivity contribution in [1.82, 2.24) is 9.97 Å². The minimum Gasteiger partial charge on any atom is -0.467 e. The van der Waals surface area contributed by atoms with Gasteiger partial charge in [0, 0.05) is 11.1 Å². The van der Waals surface area contributed by atoms with E-state index < -0.39 is 12.1 Å². The Hall–Kier alpha value is -3.68. The monoisotopic (exact) mass is 463 g/mol. The Bertz CT molecular complexity index is 1150. The van der Waals surface area contributed by atoms with Crippen LogP contribution in [0.5, 0.6) is 0 Å². The predicted molar refractivity (Wildman–Crippen MR) is 136 cm³/mol. The van der Waals surface area contributed by atoms with Crippen molar-refractivity contribution in [2.75, 3.05) is 23.1 Å². The van der Waals surface area contributed by atoms with Crippen molar-refractivity contribution in [2.45, 2.75) is 52.6 Å². The molecule has 3 N–H and O–H groups in total. The fourth-order valence-corrected chi connectivity index (χ4v) is 3.64. The highest BCUT2D eigenvalue weighted by Crippen LogP contribution is 2.25. The Morgan fingerprint density at radius 3 is 2.35 bits per heavy atom. The molecular weight excluding hydrogens is 430 g/mol. The van der Waals surface area contributed by atoms with E-state index in [0.29, 0.717) is 23.7 Å². The molecule has 8 nitrogen and oxygen atoms in total. The van der Waals surface area contributed by atoms with Crippen molar-refractivity contribution in [2.24, 2.45) is 5.92 Å². The number of hydrogen-bond donors (Lipinski definition) is 3. The molecule has 0 aliphatic heterocycles. The van der Waals surface area contributed by atoms with E-state index in [1.165, 1.54) is 7.11 Å². The molecule has 3 rings (SSSR count). The summed E-state index contributed by atoms with van der Waals surface area (Å²) in [4.78, 5) is 34.7. The Balaban J connectivity index is 1.91. The summed E-state index contributed by atoms with van der Waals surface area (Å²) in [5.74, 6) is 0.324. The van der Waals surface area contributed by atoms with Gasteiger partial charge in [-0.2, -0.15) is 4.98 Å². The molecule has 0 radical (unpaired) electrons. The number of methoxy groups -OCH3 is 1. The second-order valence-corrected chi connectivity index (χ2v) is 8.35. The average molecular weight is 464 g/mol. The van der Waals surface area contributed by atoms with Crippen LogP contribution in [0.3, 0.4) is 0 Å². The maximum Gasteiger partial charge on any atom is 0.328 e. The minimum atomic E-state index is -0.563. The predicted octanol–water partition coefficient (Wildman–Crippen LogP) is 4.77. The fourth-order valence-electron chi connectivity index (χ4n) is 3.64. The number of ether oxygens (including phenoxy) is 1. The van der Waals surface area contributed by atoms with Crippen LogP contribution in [0.1, 0.15) is 39.2 Å². The number of benzene rings is 2. The third-order valence-electron chi connectivity index (χ3n) is 5.99. The molecule has 0 unspecified atom stereocenters. The summed E-state index contributed by atoms with van der Waals surface area (Å²) >= 11 is 0. The molecule has 1 amide bonds. The van der Waals surface area contributed by atoms with Gasteiger partial charge in [0.25, 0.3) is 0 Å². The lowest BCUT2D eigenvalue weighted by atomic mass is 9.99. The number of anilines is 3. The number of carbonyl (C=O) groups is 2. The first-order valence-electron chi connectivity index (χ1n) is 11.6. The van der Waals surface area contributed by atoms with Crippen molar-refractivity contribution in [3.05, 3.63) is 54.1 Å². The molecule has 8 heteroatoms. The number of nitrogens with zero attached hydrogens (tertiary/aromatic N) is 2. The normalized spacial score (nSPS) is 13.6. The van der Waals surface area contributed by atoms with Gasteiger partial charge in [-0.05, 0) is 43.0 Å². The van der Waals surface area contributed by atoms with Crippen LogP contribution in [0.15, 0.2) is 48.5 Å². The van der Waals surface area contributed by atoms with E-state index in [1.54, 1.807) is 0 Å². The molecule has 0 bridgehead atoms. The van der Waals surface area contributed by atoms with E-state index in [-0.39, 0.29) is 17.8 Å². The summed E-state index contributed by atoms with van der Waals surface area (Å²) in [5, 5.41) is 10.2. The second-order valence-electron chi connectivity index (χ2n) is 8.35. The smallest absolute Gasteiger partial charge is 0.328 e. The molecule has 3 aromatic rings. The highest BCUT2D eigenvalue weighted by molar-refractivity contribution is 5.97. The molecule has 0 aliphatic carbocycles. The van der Waals surface area contributed by atoms with Crippen LogP contribution < -0.4 is 16.0 Å². The van der Waals surface area contributed by atoms with Crippen molar-refractivity contribution >= 4 is 40.2 Å². The summed E-state index contributed by atoms with van der Waals surface area (Å²) < 4.78 is 5.02. The van der Waals surface area contributed by atoms with E-state index in [2.05, 4.69) is 25.9 Å². The number of para-hydroxylation sites is 2. The van der Waals surface area contributed by atoms with E-state index in [4.69, 9.17) is 4.74 Å². The van der Waals surface area contributed by atoms with Gasteiger partial charge < -0.3 is 20.7 Å². The average Bonchev–Trinajstić information content (AvgIpc) is 2.86. The lowest BCUT2D eigenvalue weighted by Crippen LogP contribution is -2.37. The van der Waals surface area contributed by atoms with Crippen LogP contribution in [0.2, 0.25) is 0 Å². The van der Waals surface area contributed by atoms with E-state index in [1.807, 2.05) is 76.2 Å². The Kier molecular flexibility index (Phi) is 8.40. The van der Waals surface area contributed by atoms with Gasteiger partial charge >= 0.3 is 5.97 Å². The maximum absolute atomic E-state index is 13.0. The summed E-state index contributed by atoms with van der Waals surface area (Å²) in [6.45, 7) is 7.88. The molecule has 0 saturated carbocycles. The first kappa shape index (κ1) is 25.0. The van der Waals surface area contributed by atoms with Crippen molar-refractivity contribution in [1.29, 1.82) is 0 Å². The van der Waals surface area contributed by atoms with Gasteiger partial charge in [-0.15, -0.1) is 0 Å². The van der Waals surface area contributed by atoms with Gasteiger partial charge in [0.1, 0.15) is 17.9 Å². The Morgan fingerprint density at radius 2 is 1.68 bits per heavy atom. The van der Waals surface area contributed by atoms with Gasteiger partial charge in [-0.25, -0.2) is 9.78 Å². The van der Waals surface area contributed by atoms with E-state index in [9.17, 15) is 9.59 Å². The van der Waals surface area contributed by atoms with Crippen LogP contribution in [-0.4, -0.2) is 41.0 Å². The number of esters is 1. The zero-order valence-electron chi connectivity index (χ0n) is 20.4. The number of rotatable bonds is 10. The van der Waals surface area contributed by atoms with Gasteiger partial charge in [0.2, 0.25) is 11.9 Å². The molecule has 1 heterocycles. The maximum atomic E-state index is 13.0. The molecular formula is C26H33N5O3. The number of nitrogens with one attached hydrogen (secondary N) is 3. The highest BCUT2D eigenvalue weighted by atomic mass is 16.5. The molecule has 1 aromatic heterocycles. The molecule has 180 valence electrons. The summed E-state index contributed by atoms with van der Waals surface area (Å²) in [5.41, 5.74) is 2.45. The van der Waals surface area contributed by atoms with Gasteiger partial charge in [0.15, 0.2) is 0 Å². The van der Waals surface area contributed by atoms with Crippen LogP contribution >= 0.6 is 0 Å². The zero-order chi connectivity index (χ0) is 24.7. The van der Waals surface area contributed by atoms with E-state index >= 15 is 0 Å². The largest absolute Gasteiger partial charge is 0.467 e. The molecule has 2 aromatic carbocycles. The number of aryl methyl sites for hydroxylation is 1. The highest BCUT2D eigenvalue weighted by Gasteiger charge is 2.26. The standard InChI is InChI=1S/C26H33N5O3/c1-6-16(3)22(25(33)34-5)30-23-18-13-9-11-15-21(18)29-26(31-23)28-19(7-2)24(32)27-20-14-10-8-12-17(20)4/h8-16,19,22H,6-7H2,1-5H3,(H,27,32)(H2,28,29,30,31)/t16-,19-,22-/m1/s1. The number of carbonyl (C=O) groups excluding carboxylic acids is 2. The van der Waals surface area contributed by atoms with Gasteiger partial charge in [-0.1, -0.05) is 57.5 Å². The number of aromatic nitrogens is 2. The second kappa shape index (κ2) is 11.4. The zero-order valence-corrected chi connectivity index (χ0v) is 20.4. The lowest BCUT2D eigenvalue weighted by Gasteiger charge is -2.24. The first-order chi connectivity index (χ1) is 16.4. The molecule has 0 spiro atoms. The molecule has 0 fully saturated rings. The summed E-state index contributed by atoms with van der Waals surface area (Å²) in [6.07, 6.45) is 1.33. The molecule has 34 heavy (non-hydrogen) atoms. The van der Waals surface area contributed by atoms with Crippen molar-refractivity contribution in [3.8, 4) is 0 Å². The van der Waals surface area contributed by atoms with Crippen LogP contribution in [0.4, 0.5) is 17.5 Å². The third kappa shape index (κ3) is 5.81. The molecule has 0 saturated heterocycles. The first-order valence-corrected chi connectivity index (χ1v) is 11.6. The van der Waals surface area contributed by atoms with Crippen LogP contribution in [-0.2, 0) is 14.3 Å². The van der Waals surface area contributed by atoms with Gasteiger partial charge in [-0.3, -0.25) is 4.79 Å². The van der Waals surface area contributed by atoms with Crippen LogP contribution in [0, 0.1) is 12.8 Å². The Morgan fingerprint density at radius 1 is 0.971 bits per heavy atom. The Labute approximate surface area is 200 Å². The summed E-state index contributed by atoms with van der Waals surface area (Å²) in [7, 11) is 1.38. The molecule has 3 atom stereocenters. The number of hydrogen-bond acceptors (Lipinski definition) is 7. The quantitative estimate of drug-likeness (QED) is 0.372. The van der Waals surface area contributed by atoms with Crippen molar-refractivity contribution < 1.29 is 14.3 Å². The SMILES string of the molecule is CC[C@@H](C)[C@@H](Nc1nc(N[C@H](CC)C(=O)Nc2ccccc2C)nc2ccccc12)C(=O)OC. The van der Waals surface area contributed by atoms with Gasteiger partial charge in [0.05, 0.1) is 12.6 Å². The number of amides is 1. The minimum absolute atomic E-state index is 0.0286.